The number of amides is 1. The first-order chi connectivity index (χ1) is 10.9. The second-order valence-corrected chi connectivity index (χ2v) is 5.23. The summed E-state index contributed by atoms with van der Waals surface area (Å²) in [5.41, 5.74) is 16.6. The minimum atomic E-state index is -0.884. The number of carbonyl (C=O) groups is 3. The van der Waals surface area contributed by atoms with Crippen molar-refractivity contribution in [2.45, 2.75) is 50.6 Å². The third-order valence-electron chi connectivity index (χ3n) is 3.20. The van der Waals surface area contributed by atoms with Crippen molar-refractivity contribution in [3.63, 3.8) is 0 Å². The molecule has 0 fully saturated rings. The number of ether oxygens (including phenoxy) is 1. The van der Waals surface area contributed by atoms with Crippen LogP contribution in [0.1, 0.15) is 38.5 Å². The van der Waals surface area contributed by atoms with E-state index in [9.17, 15) is 14.4 Å². The molecular weight excluding hydrogens is 300 g/mol. The lowest BCUT2D eigenvalue weighted by atomic mass is 10.1. The highest BCUT2D eigenvalue weighted by atomic mass is 16.6. The van der Waals surface area contributed by atoms with E-state index in [2.05, 4.69) is 16.6 Å². The van der Waals surface area contributed by atoms with Crippen LogP contribution in [-0.2, 0) is 19.1 Å². The summed E-state index contributed by atoms with van der Waals surface area (Å²) >= 11 is 0. The molecule has 0 aliphatic carbocycles. The summed E-state index contributed by atoms with van der Waals surface area (Å²) in [4.78, 5) is 34.2. The molecule has 0 aromatic rings. The molecule has 0 saturated heterocycles. The predicted molar refractivity (Wildman–Crippen MR) is 87.0 cm³/mol. The summed E-state index contributed by atoms with van der Waals surface area (Å²) in [6.07, 6.45) is 4.70. The van der Waals surface area contributed by atoms with E-state index >= 15 is 0 Å². The highest BCUT2D eigenvalue weighted by Gasteiger charge is 2.22. The van der Waals surface area contributed by atoms with Crippen molar-refractivity contribution in [3.05, 3.63) is 12.7 Å². The van der Waals surface area contributed by atoms with Gasteiger partial charge in [-0.15, -0.1) is 0 Å². The number of rotatable bonds is 12. The molecular formula is C15H28N4O4. The molecule has 0 aromatic heterocycles. The van der Waals surface area contributed by atoms with Crippen molar-refractivity contribution in [3.8, 4) is 0 Å². The van der Waals surface area contributed by atoms with Gasteiger partial charge in [-0.1, -0.05) is 13.0 Å². The van der Waals surface area contributed by atoms with Gasteiger partial charge in [0.05, 0.1) is 0 Å². The number of unbranched alkanes of at least 4 members (excludes halogenated alkanes) is 2. The van der Waals surface area contributed by atoms with Crippen LogP contribution in [0.4, 0.5) is 0 Å². The van der Waals surface area contributed by atoms with Crippen LogP contribution in [0.2, 0.25) is 0 Å². The number of nitrogens with one attached hydrogen (secondary N) is 1. The number of carbonyl (C=O) groups excluding carboxylic acids is 3. The van der Waals surface area contributed by atoms with E-state index in [0.717, 1.165) is 6.42 Å². The van der Waals surface area contributed by atoms with Crippen LogP contribution in [0.25, 0.3) is 0 Å². The smallest absolute Gasteiger partial charge is 0.330 e. The molecule has 8 heteroatoms. The fourth-order valence-electron chi connectivity index (χ4n) is 1.77. The molecule has 0 aliphatic heterocycles. The third kappa shape index (κ3) is 10.6. The Labute approximate surface area is 136 Å². The largest absolute Gasteiger partial charge is 0.391 e. The van der Waals surface area contributed by atoms with Crippen LogP contribution in [0.15, 0.2) is 12.7 Å². The maximum absolute atomic E-state index is 11.7. The molecule has 0 saturated carbocycles. The van der Waals surface area contributed by atoms with Gasteiger partial charge in [0.2, 0.25) is 5.91 Å². The Morgan fingerprint density at radius 1 is 1.00 bits per heavy atom. The normalized spacial score (nSPS) is 13.0. The summed E-state index contributed by atoms with van der Waals surface area (Å²) in [7, 11) is 0. The van der Waals surface area contributed by atoms with Gasteiger partial charge in [-0.25, -0.2) is 9.59 Å². The predicted octanol–water partition coefficient (Wildman–Crippen LogP) is -0.688. The van der Waals surface area contributed by atoms with Gasteiger partial charge in [0, 0.05) is 6.54 Å². The third-order valence-corrected chi connectivity index (χ3v) is 3.20. The molecule has 0 aliphatic rings. The SMILES string of the molecule is C=CC(=O)NCCCC[C@H](N)C(=O)OC(=O)[C@@H](N)CCCCN. The van der Waals surface area contributed by atoms with Gasteiger partial charge in [0.1, 0.15) is 12.1 Å². The van der Waals surface area contributed by atoms with Gasteiger partial charge < -0.3 is 27.3 Å². The Hall–Kier alpha value is -1.77. The van der Waals surface area contributed by atoms with E-state index in [4.69, 9.17) is 17.2 Å². The van der Waals surface area contributed by atoms with Crippen LogP contribution in [0.3, 0.4) is 0 Å². The Bertz CT molecular complexity index is 401. The van der Waals surface area contributed by atoms with E-state index < -0.39 is 24.0 Å². The number of hydrogen-bond acceptors (Lipinski definition) is 7. The first-order valence-corrected chi connectivity index (χ1v) is 7.79. The van der Waals surface area contributed by atoms with Gasteiger partial charge in [-0.3, -0.25) is 4.79 Å². The van der Waals surface area contributed by atoms with E-state index in [1.165, 1.54) is 6.08 Å². The fraction of sp³-hybridized carbons (Fsp3) is 0.667. The Morgan fingerprint density at radius 3 is 2.00 bits per heavy atom. The molecule has 23 heavy (non-hydrogen) atoms. The van der Waals surface area contributed by atoms with E-state index in [-0.39, 0.29) is 5.91 Å². The van der Waals surface area contributed by atoms with Crippen molar-refractivity contribution < 1.29 is 19.1 Å². The second kappa shape index (κ2) is 12.7. The summed E-state index contributed by atoms with van der Waals surface area (Å²) < 4.78 is 4.68. The molecule has 132 valence electrons. The van der Waals surface area contributed by atoms with Crippen LogP contribution >= 0.6 is 0 Å². The van der Waals surface area contributed by atoms with E-state index in [1.807, 2.05) is 0 Å². The van der Waals surface area contributed by atoms with Gasteiger partial charge >= 0.3 is 11.9 Å². The minimum Gasteiger partial charge on any atom is -0.391 e. The van der Waals surface area contributed by atoms with Crippen LogP contribution in [-0.4, -0.2) is 43.0 Å². The molecule has 8 nitrogen and oxygen atoms in total. The first kappa shape index (κ1) is 21.2. The fourth-order valence-corrected chi connectivity index (χ4v) is 1.77. The summed E-state index contributed by atoms with van der Waals surface area (Å²) in [6, 6.07) is -1.72. The molecule has 0 heterocycles. The highest BCUT2D eigenvalue weighted by Crippen LogP contribution is 2.04. The van der Waals surface area contributed by atoms with E-state index in [0.29, 0.717) is 45.2 Å². The quantitative estimate of drug-likeness (QED) is 0.160. The van der Waals surface area contributed by atoms with Crippen molar-refractivity contribution in [2.24, 2.45) is 17.2 Å². The first-order valence-electron chi connectivity index (χ1n) is 7.79. The summed E-state index contributed by atoms with van der Waals surface area (Å²) in [5, 5.41) is 2.61. The Kier molecular flexibility index (Phi) is 11.8. The Morgan fingerprint density at radius 2 is 1.52 bits per heavy atom. The van der Waals surface area contributed by atoms with Crippen molar-refractivity contribution in [1.82, 2.24) is 5.32 Å². The van der Waals surface area contributed by atoms with Crippen molar-refractivity contribution in [2.75, 3.05) is 13.1 Å². The minimum absolute atomic E-state index is 0.247. The van der Waals surface area contributed by atoms with Crippen LogP contribution in [0, 0.1) is 0 Å². The Balaban J connectivity index is 3.89. The monoisotopic (exact) mass is 328 g/mol. The molecule has 0 spiro atoms. The average Bonchev–Trinajstić information content (AvgIpc) is 2.53. The summed E-state index contributed by atoms with van der Waals surface area (Å²) in [5.74, 6) is -1.79. The topological polar surface area (TPSA) is 151 Å². The standard InChI is InChI=1S/C15H28N4O4/c1-2-13(20)19-10-6-4-8-12(18)15(22)23-14(21)11(17)7-3-5-9-16/h2,11-12H,1,3-10,16-18H2,(H,19,20)/t11-,12-/m0/s1. The zero-order chi connectivity index (χ0) is 17.7. The highest BCUT2D eigenvalue weighted by molar-refractivity contribution is 5.90. The molecule has 7 N–H and O–H groups in total. The van der Waals surface area contributed by atoms with Gasteiger partial charge in [-0.05, 0) is 44.7 Å². The van der Waals surface area contributed by atoms with Crippen molar-refractivity contribution in [1.29, 1.82) is 0 Å². The lowest BCUT2D eigenvalue weighted by Gasteiger charge is -2.13. The van der Waals surface area contributed by atoms with Crippen LogP contribution in [0.5, 0.6) is 0 Å². The molecule has 0 aromatic carbocycles. The molecule has 0 rings (SSSR count). The lowest BCUT2D eigenvalue weighted by molar-refractivity contribution is -0.161. The van der Waals surface area contributed by atoms with Gasteiger partial charge in [-0.2, -0.15) is 0 Å². The molecule has 0 unspecified atom stereocenters. The molecule has 1 amide bonds. The number of hydrogen-bond donors (Lipinski definition) is 4. The number of nitrogens with two attached hydrogens (primary N) is 3. The maximum atomic E-state index is 11.7. The average molecular weight is 328 g/mol. The van der Waals surface area contributed by atoms with Crippen molar-refractivity contribution >= 4 is 17.8 Å². The lowest BCUT2D eigenvalue weighted by Crippen LogP contribution is -2.39. The maximum Gasteiger partial charge on any atom is 0.330 e. The van der Waals surface area contributed by atoms with Gasteiger partial charge in [0.25, 0.3) is 0 Å². The van der Waals surface area contributed by atoms with Gasteiger partial charge in [0.15, 0.2) is 0 Å². The molecule has 2 atom stereocenters. The zero-order valence-corrected chi connectivity index (χ0v) is 13.5. The van der Waals surface area contributed by atoms with E-state index in [1.54, 1.807) is 0 Å². The second-order valence-electron chi connectivity index (χ2n) is 5.23. The zero-order valence-electron chi connectivity index (χ0n) is 13.5. The summed E-state index contributed by atoms with van der Waals surface area (Å²) in [6.45, 7) is 4.33. The van der Waals surface area contributed by atoms with Crippen LogP contribution < -0.4 is 22.5 Å². The molecule has 0 bridgehead atoms. The number of esters is 2. The molecule has 0 radical (unpaired) electrons.